The minimum atomic E-state index is -3.72. The van der Waals surface area contributed by atoms with Crippen LogP contribution in [-0.4, -0.2) is 38.0 Å². The van der Waals surface area contributed by atoms with E-state index in [9.17, 15) is 16.8 Å². The molecule has 0 spiro atoms. The highest BCUT2D eigenvalue weighted by Crippen LogP contribution is 2.34. The Balaban J connectivity index is 0.000000183. The summed E-state index contributed by atoms with van der Waals surface area (Å²) in [5.74, 6) is 2.04. The summed E-state index contributed by atoms with van der Waals surface area (Å²) in [6.07, 6.45) is 1.76. The zero-order valence-corrected chi connectivity index (χ0v) is 32.0. The number of sulfone groups is 1. The lowest BCUT2D eigenvalue weighted by Gasteiger charge is -2.06. The van der Waals surface area contributed by atoms with Crippen LogP contribution in [0.3, 0.4) is 0 Å². The van der Waals surface area contributed by atoms with Crippen molar-refractivity contribution in [3.05, 3.63) is 163 Å². The van der Waals surface area contributed by atoms with Crippen LogP contribution in [-0.2, 0) is 32.9 Å². The van der Waals surface area contributed by atoms with Gasteiger partial charge in [0, 0.05) is 40.8 Å². The number of rotatable bonds is 11. The Morgan fingerprint density at radius 3 is 1.80 bits per heavy atom. The molecule has 0 aliphatic rings. The maximum absolute atomic E-state index is 12.5. The van der Waals surface area contributed by atoms with Crippen molar-refractivity contribution in [1.29, 1.82) is 0 Å². The second kappa shape index (κ2) is 16.4. The molecule has 1 N–H and O–H groups in total. The topological polar surface area (TPSA) is 154 Å². The van der Waals surface area contributed by atoms with E-state index < -0.39 is 19.9 Å². The minimum absolute atomic E-state index is 0.104. The molecule has 11 nitrogen and oxygen atoms in total. The summed E-state index contributed by atoms with van der Waals surface area (Å²) in [5.41, 5.74) is 4.40. The van der Waals surface area contributed by atoms with Gasteiger partial charge in [-0.05, 0) is 48.5 Å². The first kappa shape index (κ1) is 37.7. The number of aromatic nitrogens is 3. The van der Waals surface area contributed by atoms with Gasteiger partial charge in [-0.3, -0.25) is 0 Å². The molecule has 8 rings (SSSR count). The zero-order chi connectivity index (χ0) is 39.1. The largest absolute Gasteiger partial charge is 0.468 e. The number of para-hydroxylation sites is 1. The number of oxazole rings is 2. The summed E-state index contributed by atoms with van der Waals surface area (Å²) in [6.45, 7) is 2.00. The van der Waals surface area contributed by atoms with Crippen LogP contribution in [0.15, 0.2) is 170 Å². The van der Waals surface area contributed by atoms with E-state index in [1.165, 1.54) is 18.4 Å². The van der Waals surface area contributed by atoms with E-state index in [1.54, 1.807) is 42.5 Å². The Labute approximate surface area is 324 Å². The number of hydrogen-bond donors (Lipinski definition) is 1. The lowest BCUT2D eigenvalue weighted by molar-refractivity contribution is 0.256. The molecule has 0 radical (unpaired) electrons. The first-order chi connectivity index (χ1) is 27.1. The van der Waals surface area contributed by atoms with Crippen LogP contribution in [0.5, 0.6) is 5.88 Å². The van der Waals surface area contributed by atoms with Gasteiger partial charge in [0.15, 0.2) is 28.1 Å². The van der Waals surface area contributed by atoms with E-state index in [2.05, 4.69) is 19.7 Å². The van der Waals surface area contributed by atoms with Crippen molar-refractivity contribution in [2.45, 2.75) is 29.7 Å². The molecule has 3 heterocycles. The monoisotopic (exact) mass is 784 g/mol. The number of nitrogens with one attached hydrogen (secondary N) is 1. The molecule has 8 aromatic rings. The fourth-order valence-electron chi connectivity index (χ4n) is 5.69. The average molecular weight is 785 g/mol. The number of nitrogens with zero attached hydrogens (tertiary/aromatic N) is 3. The number of sulfonamides is 1. The predicted molar refractivity (Wildman–Crippen MR) is 215 cm³/mol. The summed E-state index contributed by atoms with van der Waals surface area (Å²) in [6, 6.07) is 45.3. The molecule has 0 aliphatic heterocycles. The van der Waals surface area contributed by atoms with Crippen LogP contribution in [0.2, 0.25) is 0 Å². The fraction of sp³-hybridized carbons (Fsp3) is 0.0930. The van der Waals surface area contributed by atoms with Gasteiger partial charge in [0.2, 0.25) is 17.7 Å². The van der Waals surface area contributed by atoms with Gasteiger partial charge >= 0.3 is 0 Å². The van der Waals surface area contributed by atoms with Crippen molar-refractivity contribution in [2.24, 2.45) is 0 Å². The molecule has 0 saturated carbocycles. The van der Waals surface area contributed by atoms with Crippen LogP contribution in [0, 0.1) is 0 Å². The highest BCUT2D eigenvalue weighted by atomic mass is 32.2. The maximum atomic E-state index is 12.5. The van der Waals surface area contributed by atoms with Gasteiger partial charge in [-0.25, -0.2) is 36.5 Å². The number of aryl methyl sites for hydroxylation is 1. The van der Waals surface area contributed by atoms with Gasteiger partial charge < -0.3 is 13.6 Å². The van der Waals surface area contributed by atoms with Gasteiger partial charge in [-0.2, -0.15) is 0 Å². The van der Waals surface area contributed by atoms with Crippen molar-refractivity contribution in [3.8, 4) is 39.7 Å². The smallest absolute Gasteiger partial charge is 0.264 e. The molecule has 5 aromatic carbocycles. The van der Waals surface area contributed by atoms with Crippen molar-refractivity contribution >= 4 is 36.6 Å². The third kappa shape index (κ3) is 8.86. The van der Waals surface area contributed by atoms with Crippen molar-refractivity contribution in [3.63, 3.8) is 0 Å². The zero-order valence-electron chi connectivity index (χ0n) is 30.4. The predicted octanol–water partition coefficient (Wildman–Crippen LogP) is 9.24. The molecule has 3 aromatic heterocycles. The number of ether oxygens (including phenoxy) is 1. The Morgan fingerprint density at radius 1 is 0.571 bits per heavy atom. The molecule has 0 amide bonds. The Kier molecular flexibility index (Phi) is 11.1. The number of anilines is 1. The first-order valence-corrected chi connectivity index (χ1v) is 20.9. The van der Waals surface area contributed by atoms with Crippen LogP contribution >= 0.6 is 0 Å². The molecule has 0 fully saturated rings. The number of benzene rings is 5. The van der Waals surface area contributed by atoms with Crippen LogP contribution in [0.25, 0.3) is 44.7 Å². The normalized spacial score (nSPS) is 11.5. The molecule has 0 aliphatic carbocycles. The second-order valence-electron chi connectivity index (χ2n) is 12.5. The second-order valence-corrected chi connectivity index (χ2v) is 16.2. The SMILES string of the molecule is CCc1nc(-c2ccccc2)c(NS(=O)(=O)c2ccccc2)o1.CS(=O)(=O)c1ccc(-c2oc(COc3ccc4ccccc4n3)nc2-c2ccccc2)cc1. The minimum Gasteiger partial charge on any atom is -0.468 e. The summed E-state index contributed by atoms with van der Waals surface area (Å²) in [4.78, 5) is 14.0. The molecule has 13 heteroatoms. The van der Waals surface area contributed by atoms with Gasteiger partial charge in [0.25, 0.3) is 10.0 Å². The molecule has 56 heavy (non-hydrogen) atoms. The summed E-state index contributed by atoms with van der Waals surface area (Å²) in [7, 11) is -7.01. The Bertz CT molecular complexity index is 2790. The third-order valence-electron chi connectivity index (χ3n) is 8.48. The van der Waals surface area contributed by atoms with Crippen LogP contribution < -0.4 is 9.46 Å². The Hall–Kier alpha value is -6.57. The number of fused-ring (bicyclic) bond motifs is 1. The molecular weight excluding hydrogens is 749 g/mol. The molecule has 0 unspecified atom stereocenters. The van der Waals surface area contributed by atoms with E-state index in [0.717, 1.165) is 27.6 Å². The van der Waals surface area contributed by atoms with Gasteiger partial charge in [0.1, 0.15) is 11.4 Å². The first-order valence-electron chi connectivity index (χ1n) is 17.5. The van der Waals surface area contributed by atoms with Crippen LogP contribution in [0.4, 0.5) is 5.88 Å². The van der Waals surface area contributed by atoms with Gasteiger partial charge in [0.05, 0.1) is 15.3 Å². The standard InChI is InChI=1S/C26H20N2O4S.C17H16N2O3S/c1-33(29,30)21-14-11-20(12-15-21)26-25(19-8-3-2-4-9-19)28-24(32-26)17-31-23-16-13-18-7-5-6-10-22(18)27-23;1-2-15-18-16(13-9-5-3-6-10-13)17(22-15)19-23(20,21)14-11-7-4-8-12-14/h2-16H,17H2,1H3;3-12,19H,2H2,1H3. The summed E-state index contributed by atoms with van der Waals surface area (Å²) in [5, 5.41) is 1.03. The highest BCUT2D eigenvalue weighted by molar-refractivity contribution is 7.92. The van der Waals surface area contributed by atoms with Gasteiger partial charge in [-0.15, -0.1) is 0 Å². The Morgan fingerprint density at radius 2 is 1.16 bits per heavy atom. The molecule has 282 valence electrons. The van der Waals surface area contributed by atoms with Crippen molar-refractivity contribution < 1.29 is 30.4 Å². The molecule has 0 bridgehead atoms. The highest BCUT2D eigenvalue weighted by Gasteiger charge is 2.22. The molecule has 0 saturated heterocycles. The molecule has 0 atom stereocenters. The summed E-state index contributed by atoms with van der Waals surface area (Å²) >= 11 is 0. The lowest BCUT2D eigenvalue weighted by Crippen LogP contribution is -2.12. The van der Waals surface area contributed by atoms with E-state index in [1.807, 2.05) is 104 Å². The fourth-order valence-corrected chi connectivity index (χ4v) is 7.33. The van der Waals surface area contributed by atoms with Crippen molar-refractivity contribution in [1.82, 2.24) is 15.0 Å². The number of pyridine rings is 1. The van der Waals surface area contributed by atoms with E-state index in [-0.39, 0.29) is 22.3 Å². The number of hydrogen-bond acceptors (Lipinski definition) is 10. The van der Waals surface area contributed by atoms with E-state index in [0.29, 0.717) is 41.2 Å². The lowest BCUT2D eigenvalue weighted by atomic mass is 10.1. The summed E-state index contributed by atoms with van der Waals surface area (Å²) < 4.78 is 68.6. The molecular formula is C43H36N4O7S2. The average Bonchev–Trinajstić information content (AvgIpc) is 3.85. The third-order valence-corrected chi connectivity index (χ3v) is 11.0. The van der Waals surface area contributed by atoms with E-state index >= 15 is 0 Å². The maximum Gasteiger partial charge on any atom is 0.264 e. The van der Waals surface area contributed by atoms with Gasteiger partial charge in [-0.1, -0.05) is 104 Å². The quantitative estimate of drug-likeness (QED) is 0.134. The van der Waals surface area contributed by atoms with Crippen LogP contribution in [0.1, 0.15) is 18.7 Å². The van der Waals surface area contributed by atoms with Crippen molar-refractivity contribution in [2.75, 3.05) is 11.0 Å². The van der Waals surface area contributed by atoms with E-state index in [4.69, 9.17) is 13.6 Å².